The monoisotopic (exact) mass is 281 g/mol. The molecule has 0 atom stereocenters. The number of carbonyl (C=O) groups excluding carboxylic acids is 1. The molecule has 6 nitrogen and oxygen atoms in total. The van der Waals surface area contributed by atoms with Gasteiger partial charge >= 0.3 is 0 Å². The maximum atomic E-state index is 11.9. The van der Waals surface area contributed by atoms with E-state index in [9.17, 15) is 4.79 Å². The molecule has 0 saturated heterocycles. The Morgan fingerprint density at radius 2 is 2.00 bits per heavy atom. The van der Waals surface area contributed by atoms with E-state index in [-0.39, 0.29) is 11.9 Å². The standard InChI is InChI=1S/C14H27N5O/c1-6-18(7-2)12(20)8-9-16-14-13(15)11(5)17-19(14)10(3)4/h10,16H,6-9,15H2,1-5H3. The van der Waals surface area contributed by atoms with Crippen molar-refractivity contribution in [2.75, 3.05) is 30.7 Å². The Morgan fingerprint density at radius 3 is 2.50 bits per heavy atom. The Labute approximate surface area is 121 Å². The van der Waals surface area contributed by atoms with Gasteiger partial charge < -0.3 is 16.0 Å². The van der Waals surface area contributed by atoms with E-state index >= 15 is 0 Å². The van der Waals surface area contributed by atoms with Crippen LogP contribution in [0.5, 0.6) is 0 Å². The number of aryl methyl sites for hydroxylation is 1. The van der Waals surface area contributed by atoms with Crippen molar-refractivity contribution in [1.82, 2.24) is 14.7 Å². The molecule has 0 aliphatic carbocycles. The van der Waals surface area contributed by atoms with Crippen LogP contribution in [0.2, 0.25) is 0 Å². The minimum absolute atomic E-state index is 0.161. The number of anilines is 2. The number of nitrogens with one attached hydrogen (secondary N) is 1. The van der Waals surface area contributed by atoms with Crippen molar-refractivity contribution in [3.8, 4) is 0 Å². The SMILES string of the molecule is CCN(CC)C(=O)CCNc1c(N)c(C)nn1C(C)C. The summed E-state index contributed by atoms with van der Waals surface area (Å²) in [4.78, 5) is 13.8. The van der Waals surface area contributed by atoms with Gasteiger partial charge in [-0.3, -0.25) is 4.79 Å². The van der Waals surface area contributed by atoms with E-state index in [2.05, 4.69) is 24.3 Å². The summed E-state index contributed by atoms with van der Waals surface area (Å²) in [6, 6.07) is 0.229. The van der Waals surface area contributed by atoms with Gasteiger partial charge in [0.2, 0.25) is 5.91 Å². The highest BCUT2D eigenvalue weighted by Crippen LogP contribution is 2.25. The van der Waals surface area contributed by atoms with Gasteiger partial charge in [0.1, 0.15) is 5.82 Å². The summed E-state index contributed by atoms with van der Waals surface area (Å²) >= 11 is 0. The molecule has 20 heavy (non-hydrogen) atoms. The second-order valence-corrected chi connectivity index (χ2v) is 5.13. The highest BCUT2D eigenvalue weighted by molar-refractivity contribution is 5.77. The first-order valence-electron chi connectivity index (χ1n) is 7.28. The van der Waals surface area contributed by atoms with Crippen LogP contribution in [0.25, 0.3) is 0 Å². The van der Waals surface area contributed by atoms with Gasteiger partial charge in [-0.1, -0.05) is 0 Å². The lowest BCUT2D eigenvalue weighted by molar-refractivity contribution is -0.130. The van der Waals surface area contributed by atoms with Gasteiger partial charge in [-0.2, -0.15) is 5.10 Å². The highest BCUT2D eigenvalue weighted by Gasteiger charge is 2.15. The summed E-state index contributed by atoms with van der Waals surface area (Å²) in [7, 11) is 0. The van der Waals surface area contributed by atoms with E-state index in [0.29, 0.717) is 18.7 Å². The third-order valence-electron chi connectivity index (χ3n) is 3.37. The van der Waals surface area contributed by atoms with Gasteiger partial charge in [0.15, 0.2) is 0 Å². The Morgan fingerprint density at radius 1 is 1.40 bits per heavy atom. The van der Waals surface area contributed by atoms with Gasteiger partial charge in [-0.05, 0) is 34.6 Å². The largest absolute Gasteiger partial charge is 0.394 e. The van der Waals surface area contributed by atoms with Crippen LogP contribution >= 0.6 is 0 Å². The van der Waals surface area contributed by atoms with Crippen molar-refractivity contribution in [3.63, 3.8) is 0 Å². The van der Waals surface area contributed by atoms with Crippen LogP contribution in [0.3, 0.4) is 0 Å². The van der Waals surface area contributed by atoms with Gasteiger partial charge in [0, 0.05) is 32.1 Å². The zero-order valence-electron chi connectivity index (χ0n) is 13.2. The van der Waals surface area contributed by atoms with Crippen LogP contribution in [-0.2, 0) is 4.79 Å². The Balaban J connectivity index is 2.64. The maximum Gasteiger partial charge on any atom is 0.224 e. The molecule has 6 heteroatoms. The van der Waals surface area contributed by atoms with Crippen molar-refractivity contribution in [1.29, 1.82) is 0 Å². The van der Waals surface area contributed by atoms with Crippen LogP contribution in [0, 0.1) is 6.92 Å². The van der Waals surface area contributed by atoms with E-state index < -0.39 is 0 Å². The summed E-state index contributed by atoms with van der Waals surface area (Å²) in [6.07, 6.45) is 0.462. The number of carbonyl (C=O) groups is 1. The maximum absolute atomic E-state index is 11.9. The second kappa shape index (κ2) is 7.17. The van der Waals surface area contributed by atoms with Crippen molar-refractivity contribution in [3.05, 3.63) is 5.69 Å². The van der Waals surface area contributed by atoms with Gasteiger partial charge in [0.25, 0.3) is 0 Å². The van der Waals surface area contributed by atoms with Crippen molar-refractivity contribution in [2.45, 2.75) is 47.1 Å². The van der Waals surface area contributed by atoms with Crippen molar-refractivity contribution in [2.24, 2.45) is 0 Å². The first kappa shape index (κ1) is 16.3. The molecule has 1 aromatic heterocycles. The Bertz CT molecular complexity index is 449. The van der Waals surface area contributed by atoms with E-state index in [4.69, 9.17) is 5.73 Å². The van der Waals surface area contributed by atoms with Crippen LogP contribution in [0.1, 0.15) is 45.9 Å². The van der Waals surface area contributed by atoms with Crippen molar-refractivity contribution >= 4 is 17.4 Å². The molecular formula is C14H27N5O. The second-order valence-electron chi connectivity index (χ2n) is 5.13. The quantitative estimate of drug-likeness (QED) is 0.801. The lowest BCUT2D eigenvalue weighted by atomic mass is 10.3. The highest BCUT2D eigenvalue weighted by atomic mass is 16.2. The molecular weight excluding hydrogens is 254 g/mol. The number of hydrogen-bond acceptors (Lipinski definition) is 4. The van der Waals surface area contributed by atoms with E-state index in [1.165, 1.54) is 0 Å². The molecule has 1 rings (SSSR count). The van der Waals surface area contributed by atoms with Crippen LogP contribution < -0.4 is 11.1 Å². The Kier molecular flexibility index (Phi) is 5.85. The molecule has 0 bridgehead atoms. The zero-order valence-corrected chi connectivity index (χ0v) is 13.2. The minimum Gasteiger partial charge on any atom is -0.394 e. The zero-order chi connectivity index (χ0) is 15.3. The minimum atomic E-state index is 0.161. The normalized spacial score (nSPS) is 10.9. The lowest BCUT2D eigenvalue weighted by Gasteiger charge is -2.19. The number of amides is 1. The number of nitrogens with two attached hydrogens (primary N) is 1. The smallest absolute Gasteiger partial charge is 0.224 e. The molecule has 1 amide bonds. The molecule has 0 spiro atoms. The number of nitrogens with zero attached hydrogens (tertiary/aromatic N) is 3. The molecule has 0 aromatic carbocycles. The molecule has 0 aliphatic heterocycles. The van der Waals surface area contributed by atoms with Crippen LogP contribution in [-0.4, -0.2) is 40.2 Å². The fraction of sp³-hybridized carbons (Fsp3) is 0.714. The van der Waals surface area contributed by atoms with E-state index in [0.717, 1.165) is 24.6 Å². The number of nitrogen functional groups attached to an aromatic ring is 1. The molecule has 0 aliphatic rings. The number of hydrogen-bond donors (Lipinski definition) is 2. The Hall–Kier alpha value is -1.72. The average molecular weight is 281 g/mol. The number of aromatic nitrogens is 2. The van der Waals surface area contributed by atoms with Gasteiger partial charge in [-0.15, -0.1) is 0 Å². The van der Waals surface area contributed by atoms with Crippen molar-refractivity contribution < 1.29 is 4.79 Å². The molecule has 0 fully saturated rings. The fourth-order valence-electron chi connectivity index (χ4n) is 2.13. The molecule has 0 unspecified atom stereocenters. The molecule has 0 radical (unpaired) electrons. The van der Waals surface area contributed by atoms with Crippen LogP contribution in [0.4, 0.5) is 11.5 Å². The third kappa shape index (κ3) is 3.65. The summed E-state index contributed by atoms with van der Waals surface area (Å²) in [5, 5.41) is 7.65. The first-order valence-corrected chi connectivity index (χ1v) is 7.28. The third-order valence-corrected chi connectivity index (χ3v) is 3.37. The molecule has 0 saturated carbocycles. The average Bonchev–Trinajstić information content (AvgIpc) is 2.68. The van der Waals surface area contributed by atoms with E-state index in [1.54, 1.807) is 0 Å². The number of rotatable bonds is 7. The van der Waals surface area contributed by atoms with Gasteiger partial charge in [0.05, 0.1) is 11.4 Å². The van der Waals surface area contributed by atoms with Gasteiger partial charge in [-0.25, -0.2) is 4.68 Å². The summed E-state index contributed by atoms with van der Waals surface area (Å²) < 4.78 is 1.87. The van der Waals surface area contributed by atoms with Crippen LogP contribution in [0.15, 0.2) is 0 Å². The molecule has 1 aromatic rings. The molecule has 3 N–H and O–H groups in total. The summed E-state index contributed by atoms with van der Waals surface area (Å²) in [5.41, 5.74) is 7.51. The predicted molar refractivity (Wildman–Crippen MR) is 82.8 cm³/mol. The summed E-state index contributed by atoms with van der Waals surface area (Å²) in [5.74, 6) is 0.971. The van der Waals surface area contributed by atoms with E-state index in [1.807, 2.05) is 30.4 Å². The topological polar surface area (TPSA) is 76.2 Å². The predicted octanol–water partition coefficient (Wildman–Crippen LogP) is 2.03. The molecule has 1 heterocycles. The lowest BCUT2D eigenvalue weighted by Crippen LogP contribution is -2.31. The first-order chi connectivity index (χ1) is 9.42. The summed E-state index contributed by atoms with van der Waals surface area (Å²) in [6.45, 7) is 12.0. The fourth-order valence-corrected chi connectivity index (χ4v) is 2.13. The molecule has 114 valence electrons.